The van der Waals surface area contributed by atoms with Crippen LogP contribution in [0, 0.1) is 0 Å². The summed E-state index contributed by atoms with van der Waals surface area (Å²) in [5.41, 5.74) is 2.44. The van der Waals surface area contributed by atoms with Gasteiger partial charge in [-0.15, -0.1) is 0 Å². The van der Waals surface area contributed by atoms with Crippen molar-refractivity contribution in [3.8, 4) is 0 Å². The molecule has 1 aromatic rings. The third-order valence-electron chi connectivity index (χ3n) is 2.62. The number of carbonyl (C=O) groups is 1. The number of aliphatic hydroxyl groups excluding tert-OH is 1. The Morgan fingerprint density at radius 3 is 2.73 bits per heavy atom. The maximum absolute atomic E-state index is 11.4. The van der Waals surface area contributed by atoms with Crippen molar-refractivity contribution < 1.29 is 14.6 Å². The van der Waals surface area contributed by atoms with E-state index in [1.165, 1.54) is 12.7 Å². The number of hydrogen-bond acceptors (Lipinski definition) is 3. The first kappa shape index (κ1) is 11.7. The highest BCUT2D eigenvalue weighted by atomic mass is 16.5. The van der Waals surface area contributed by atoms with Gasteiger partial charge >= 0.3 is 5.97 Å². The van der Waals surface area contributed by atoms with E-state index in [0.717, 1.165) is 25.5 Å². The van der Waals surface area contributed by atoms with Gasteiger partial charge < -0.3 is 9.84 Å². The molecule has 1 N–H and O–H groups in total. The van der Waals surface area contributed by atoms with Gasteiger partial charge in [-0.3, -0.25) is 4.79 Å². The van der Waals surface area contributed by atoms with E-state index in [4.69, 9.17) is 9.84 Å². The number of methoxy groups -OCH3 is 1. The van der Waals surface area contributed by atoms with Crippen molar-refractivity contribution in [3.63, 3.8) is 0 Å². The fraction of sp³-hybridized carbons (Fsp3) is 0.417. The molecular formula is C12H16O3. The molecule has 0 saturated carbocycles. The van der Waals surface area contributed by atoms with E-state index < -0.39 is 0 Å². The Kier molecular flexibility index (Phi) is 4.31. The topological polar surface area (TPSA) is 46.5 Å². The van der Waals surface area contributed by atoms with Gasteiger partial charge in [0.15, 0.2) is 0 Å². The molecule has 0 aliphatic heterocycles. The van der Waals surface area contributed by atoms with Gasteiger partial charge in [-0.2, -0.15) is 0 Å². The molecule has 1 atom stereocenters. The van der Waals surface area contributed by atoms with Gasteiger partial charge in [0.25, 0.3) is 0 Å². The zero-order chi connectivity index (χ0) is 11.3. The smallest absolute Gasteiger partial charge is 0.313 e. The van der Waals surface area contributed by atoms with Gasteiger partial charge in [0.05, 0.1) is 13.0 Å². The van der Waals surface area contributed by atoms with Crippen LogP contribution in [0.5, 0.6) is 0 Å². The number of aryl methyl sites for hydroxylation is 1. The summed E-state index contributed by atoms with van der Waals surface area (Å²) in [6, 6.07) is 8.08. The number of rotatable bonds is 1. The van der Waals surface area contributed by atoms with Crippen LogP contribution in [-0.2, 0) is 16.0 Å². The van der Waals surface area contributed by atoms with Crippen molar-refractivity contribution in [1.82, 2.24) is 0 Å². The lowest BCUT2D eigenvalue weighted by Gasteiger charge is -2.07. The monoisotopic (exact) mass is 208 g/mol. The van der Waals surface area contributed by atoms with Gasteiger partial charge in [-0.25, -0.2) is 0 Å². The quantitative estimate of drug-likeness (QED) is 0.711. The summed E-state index contributed by atoms with van der Waals surface area (Å²) in [7, 11) is 2.45. The maximum Gasteiger partial charge on any atom is 0.313 e. The van der Waals surface area contributed by atoms with E-state index >= 15 is 0 Å². The number of carbonyl (C=O) groups excluding carboxylic acids is 1. The molecule has 1 aromatic carbocycles. The van der Waals surface area contributed by atoms with Crippen molar-refractivity contribution in [2.75, 3.05) is 14.2 Å². The minimum absolute atomic E-state index is 0.0267. The Morgan fingerprint density at radius 1 is 1.40 bits per heavy atom. The number of benzene rings is 1. The normalized spacial score (nSPS) is 17.4. The number of esters is 1. The van der Waals surface area contributed by atoms with E-state index in [2.05, 4.69) is 6.07 Å². The molecule has 0 fully saturated rings. The lowest BCUT2D eigenvalue weighted by Crippen LogP contribution is -2.10. The minimum atomic E-state index is -0.107. The van der Waals surface area contributed by atoms with Crippen LogP contribution in [0.1, 0.15) is 23.5 Å². The van der Waals surface area contributed by atoms with Gasteiger partial charge in [-0.05, 0) is 24.0 Å². The highest BCUT2D eigenvalue weighted by Crippen LogP contribution is 2.33. The summed E-state index contributed by atoms with van der Waals surface area (Å²) in [6.07, 6.45) is 1.89. The molecule has 0 spiro atoms. The minimum Gasteiger partial charge on any atom is -0.469 e. The zero-order valence-electron chi connectivity index (χ0n) is 9.06. The van der Waals surface area contributed by atoms with E-state index in [1.54, 1.807) is 0 Å². The van der Waals surface area contributed by atoms with Crippen molar-refractivity contribution in [1.29, 1.82) is 0 Å². The van der Waals surface area contributed by atoms with Crippen LogP contribution in [0.3, 0.4) is 0 Å². The average molecular weight is 208 g/mol. The Hall–Kier alpha value is -1.35. The van der Waals surface area contributed by atoms with Crippen LogP contribution in [0.2, 0.25) is 0 Å². The molecule has 1 aliphatic carbocycles. The summed E-state index contributed by atoms with van der Waals surface area (Å²) in [6.45, 7) is 0. The predicted molar refractivity (Wildman–Crippen MR) is 57.7 cm³/mol. The second kappa shape index (κ2) is 5.51. The van der Waals surface area contributed by atoms with Crippen LogP contribution in [0.15, 0.2) is 24.3 Å². The second-order valence-electron chi connectivity index (χ2n) is 3.31. The van der Waals surface area contributed by atoms with Crippen LogP contribution in [-0.4, -0.2) is 25.3 Å². The van der Waals surface area contributed by atoms with E-state index in [-0.39, 0.29) is 11.9 Å². The Labute approximate surface area is 89.7 Å². The molecular weight excluding hydrogens is 192 g/mol. The zero-order valence-corrected chi connectivity index (χ0v) is 9.06. The van der Waals surface area contributed by atoms with Crippen molar-refractivity contribution in [2.24, 2.45) is 0 Å². The molecule has 0 amide bonds. The van der Waals surface area contributed by atoms with E-state index in [1.807, 2.05) is 18.2 Å². The number of fused-ring (bicyclic) bond motifs is 1. The Bertz CT molecular complexity index is 333. The van der Waals surface area contributed by atoms with Gasteiger partial charge in [0, 0.05) is 7.11 Å². The molecule has 0 saturated heterocycles. The van der Waals surface area contributed by atoms with Crippen molar-refractivity contribution in [3.05, 3.63) is 35.4 Å². The lowest BCUT2D eigenvalue weighted by molar-refractivity contribution is -0.142. The second-order valence-corrected chi connectivity index (χ2v) is 3.31. The summed E-state index contributed by atoms with van der Waals surface area (Å²) in [4.78, 5) is 11.4. The van der Waals surface area contributed by atoms with Crippen molar-refractivity contribution >= 4 is 5.97 Å². The molecule has 0 radical (unpaired) electrons. The van der Waals surface area contributed by atoms with Gasteiger partial charge in [0.2, 0.25) is 0 Å². The van der Waals surface area contributed by atoms with E-state index in [9.17, 15) is 4.79 Å². The van der Waals surface area contributed by atoms with Gasteiger partial charge in [-0.1, -0.05) is 24.3 Å². The third kappa shape index (κ3) is 2.36. The fourth-order valence-electron chi connectivity index (χ4n) is 1.94. The highest BCUT2D eigenvalue weighted by molar-refractivity contribution is 5.79. The highest BCUT2D eigenvalue weighted by Gasteiger charge is 2.28. The van der Waals surface area contributed by atoms with Crippen LogP contribution in [0.25, 0.3) is 0 Å². The summed E-state index contributed by atoms with van der Waals surface area (Å²) >= 11 is 0. The van der Waals surface area contributed by atoms with Crippen LogP contribution >= 0.6 is 0 Å². The number of hydrogen-bond donors (Lipinski definition) is 1. The number of ether oxygens (including phenoxy) is 1. The summed E-state index contributed by atoms with van der Waals surface area (Å²) in [5, 5.41) is 7.00. The third-order valence-corrected chi connectivity index (χ3v) is 2.62. The molecule has 82 valence electrons. The molecule has 15 heavy (non-hydrogen) atoms. The first-order valence-corrected chi connectivity index (χ1v) is 4.93. The molecule has 0 aromatic heterocycles. The van der Waals surface area contributed by atoms with Crippen LogP contribution < -0.4 is 0 Å². The molecule has 1 unspecified atom stereocenters. The predicted octanol–water partition coefficient (Wildman–Crippen LogP) is 1.50. The Morgan fingerprint density at radius 2 is 2.07 bits per heavy atom. The van der Waals surface area contributed by atoms with Crippen LogP contribution in [0.4, 0.5) is 0 Å². The SMILES string of the molecule is CO.COC(=O)C1CCc2ccccc21. The summed E-state index contributed by atoms with van der Waals surface area (Å²) < 4.78 is 4.75. The standard InChI is InChI=1S/C11H12O2.CH4O/c1-13-11(12)10-7-6-8-4-2-3-5-9(8)10;1-2/h2-5,10H,6-7H2,1H3;2H,1H3. The molecule has 0 heterocycles. The lowest BCUT2D eigenvalue weighted by atomic mass is 10.0. The summed E-state index contributed by atoms with van der Waals surface area (Å²) in [5.74, 6) is -0.133. The fourth-order valence-corrected chi connectivity index (χ4v) is 1.94. The largest absolute Gasteiger partial charge is 0.469 e. The Balaban J connectivity index is 0.000000531. The van der Waals surface area contributed by atoms with E-state index in [0.29, 0.717) is 0 Å². The maximum atomic E-state index is 11.4. The molecule has 3 nitrogen and oxygen atoms in total. The first-order valence-electron chi connectivity index (χ1n) is 4.93. The first-order chi connectivity index (χ1) is 7.33. The molecule has 0 bridgehead atoms. The average Bonchev–Trinajstić information content (AvgIpc) is 2.74. The molecule has 2 rings (SSSR count). The van der Waals surface area contributed by atoms with Gasteiger partial charge in [0.1, 0.15) is 0 Å². The molecule has 1 aliphatic rings. The molecule has 3 heteroatoms. The number of aliphatic hydroxyl groups is 1. The van der Waals surface area contributed by atoms with Crippen molar-refractivity contribution in [2.45, 2.75) is 18.8 Å².